The van der Waals surface area contributed by atoms with Crippen LogP contribution in [0.3, 0.4) is 0 Å². The molecule has 0 radical (unpaired) electrons. The van der Waals surface area contributed by atoms with E-state index < -0.39 is 0 Å². The molecular weight excluding hydrogens is 400 g/mol. The minimum absolute atomic E-state index is 0.0404. The fourth-order valence-corrected chi connectivity index (χ4v) is 4.27. The van der Waals surface area contributed by atoms with Crippen LogP contribution in [0.15, 0.2) is 48.5 Å². The highest BCUT2D eigenvalue weighted by Gasteiger charge is 2.25. The summed E-state index contributed by atoms with van der Waals surface area (Å²) in [7, 11) is 1.61. The molecule has 0 bridgehead atoms. The van der Waals surface area contributed by atoms with E-state index in [2.05, 4.69) is 48.0 Å². The predicted octanol–water partition coefficient (Wildman–Crippen LogP) is 3.96. The third-order valence-electron chi connectivity index (χ3n) is 5.95. The fraction of sp³-hybridized carbons (Fsp3) is 0.346. The van der Waals surface area contributed by atoms with Crippen LogP contribution in [0.4, 0.5) is 5.82 Å². The Morgan fingerprint density at radius 3 is 2.44 bits per heavy atom. The van der Waals surface area contributed by atoms with Gasteiger partial charge >= 0.3 is 0 Å². The number of piperazine rings is 1. The van der Waals surface area contributed by atoms with Gasteiger partial charge in [0, 0.05) is 49.4 Å². The van der Waals surface area contributed by atoms with Crippen LogP contribution in [-0.2, 0) is 6.42 Å². The molecule has 0 aliphatic carbocycles. The standard InChI is InChI=1S/C26H30N4O2/c1-18-7-5-8-21(15-18)16-24-19(2)27-20(3)28-25(24)29-11-13-30(14-12-29)26(31)22-9-6-10-23(17-22)32-4/h5-10,15,17H,11-14,16H2,1-4H3. The third-order valence-corrected chi connectivity index (χ3v) is 5.95. The van der Waals surface area contributed by atoms with Crippen molar-refractivity contribution in [1.82, 2.24) is 14.9 Å². The molecule has 4 rings (SSSR count). The molecule has 1 saturated heterocycles. The van der Waals surface area contributed by atoms with Crippen molar-refractivity contribution in [2.45, 2.75) is 27.2 Å². The molecule has 1 aliphatic rings. The number of hydrogen-bond donors (Lipinski definition) is 0. The molecule has 166 valence electrons. The van der Waals surface area contributed by atoms with E-state index in [1.807, 2.05) is 30.0 Å². The van der Waals surface area contributed by atoms with Crippen molar-refractivity contribution in [3.05, 3.63) is 82.3 Å². The molecule has 3 aromatic rings. The number of benzene rings is 2. The fourth-order valence-electron chi connectivity index (χ4n) is 4.27. The van der Waals surface area contributed by atoms with Gasteiger partial charge in [-0.15, -0.1) is 0 Å². The lowest BCUT2D eigenvalue weighted by atomic mass is 10.0. The van der Waals surface area contributed by atoms with E-state index >= 15 is 0 Å². The minimum Gasteiger partial charge on any atom is -0.497 e. The Bertz CT molecular complexity index is 1120. The Balaban J connectivity index is 1.52. The summed E-state index contributed by atoms with van der Waals surface area (Å²) in [6.45, 7) is 8.91. The Hall–Kier alpha value is -3.41. The number of methoxy groups -OCH3 is 1. The van der Waals surface area contributed by atoms with Crippen molar-refractivity contribution < 1.29 is 9.53 Å². The van der Waals surface area contributed by atoms with E-state index in [1.165, 1.54) is 11.1 Å². The number of nitrogens with zero attached hydrogens (tertiary/aromatic N) is 4. The smallest absolute Gasteiger partial charge is 0.254 e. The summed E-state index contributed by atoms with van der Waals surface area (Å²) >= 11 is 0. The number of amides is 1. The number of carbonyl (C=O) groups excluding carboxylic acids is 1. The van der Waals surface area contributed by atoms with Crippen LogP contribution in [0.5, 0.6) is 5.75 Å². The minimum atomic E-state index is 0.0404. The summed E-state index contributed by atoms with van der Waals surface area (Å²) in [5.41, 5.74) is 5.34. The van der Waals surface area contributed by atoms with E-state index in [0.717, 1.165) is 42.4 Å². The summed E-state index contributed by atoms with van der Waals surface area (Å²) in [4.78, 5) is 26.6. The molecule has 32 heavy (non-hydrogen) atoms. The first-order valence-electron chi connectivity index (χ1n) is 11.0. The first-order valence-corrected chi connectivity index (χ1v) is 11.0. The monoisotopic (exact) mass is 430 g/mol. The molecule has 0 N–H and O–H groups in total. The normalized spacial score (nSPS) is 13.9. The maximum Gasteiger partial charge on any atom is 0.254 e. The molecule has 6 heteroatoms. The lowest BCUT2D eigenvalue weighted by molar-refractivity contribution is 0.0746. The van der Waals surface area contributed by atoms with Crippen LogP contribution >= 0.6 is 0 Å². The molecule has 0 spiro atoms. The summed E-state index contributed by atoms with van der Waals surface area (Å²) < 4.78 is 5.27. The molecule has 0 saturated carbocycles. The van der Waals surface area contributed by atoms with Gasteiger partial charge in [0.15, 0.2) is 0 Å². The van der Waals surface area contributed by atoms with Gasteiger partial charge < -0.3 is 14.5 Å². The zero-order chi connectivity index (χ0) is 22.7. The Morgan fingerprint density at radius 1 is 0.969 bits per heavy atom. The number of aryl methyl sites for hydroxylation is 3. The highest BCUT2D eigenvalue weighted by atomic mass is 16.5. The van der Waals surface area contributed by atoms with Gasteiger partial charge in [0.25, 0.3) is 5.91 Å². The van der Waals surface area contributed by atoms with Crippen molar-refractivity contribution in [2.24, 2.45) is 0 Å². The first-order chi connectivity index (χ1) is 15.4. The van der Waals surface area contributed by atoms with E-state index in [0.29, 0.717) is 24.4 Å². The van der Waals surface area contributed by atoms with Crippen molar-refractivity contribution in [1.29, 1.82) is 0 Å². The Kier molecular flexibility index (Phi) is 6.40. The summed E-state index contributed by atoms with van der Waals surface area (Å²) in [5, 5.41) is 0. The van der Waals surface area contributed by atoms with Crippen LogP contribution in [0, 0.1) is 20.8 Å². The van der Waals surface area contributed by atoms with Gasteiger partial charge in [-0.05, 0) is 44.5 Å². The molecule has 0 unspecified atom stereocenters. The van der Waals surface area contributed by atoms with Crippen molar-refractivity contribution >= 4 is 11.7 Å². The highest BCUT2D eigenvalue weighted by Crippen LogP contribution is 2.26. The van der Waals surface area contributed by atoms with Crippen LogP contribution in [0.1, 0.15) is 38.6 Å². The van der Waals surface area contributed by atoms with Crippen LogP contribution in [0.2, 0.25) is 0 Å². The predicted molar refractivity (Wildman–Crippen MR) is 127 cm³/mol. The second-order valence-corrected chi connectivity index (χ2v) is 8.34. The zero-order valence-electron chi connectivity index (χ0n) is 19.3. The topological polar surface area (TPSA) is 58.6 Å². The molecule has 1 amide bonds. The lowest BCUT2D eigenvalue weighted by Gasteiger charge is -2.36. The van der Waals surface area contributed by atoms with Gasteiger partial charge in [0.05, 0.1) is 7.11 Å². The van der Waals surface area contributed by atoms with E-state index in [4.69, 9.17) is 9.72 Å². The Morgan fingerprint density at radius 2 is 1.72 bits per heavy atom. The number of carbonyl (C=O) groups is 1. The lowest BCUT2D eigenvalue weighted by Crippen LogP contribution is -2.49. The maximum atomic E-state index is 13.0. The second kappa shape index (κ2) is 9.39. The number of aromatic nitrogens is 2. The van der Waals surface area contributed by atoms with Gasteiger partial charge in [-0.2, -0.15) is 0 Å². The first kappa shape index (κ1) is 21.8. The van der Waals surface area contributed by atoms with Gasteiger partial charge in [0.1, 0.15) is 17.4 Å². The number of anilines is 1. The maximum absolute atomic E-state index is 13.0. The van der Waals surface area contributed by atoms with Crippen LogP contribution in [-0.4, -0.2) is 54.1 Å². The largest absolute Gasteiger partial charge is 0.497 e. The molecule has 6 nitrogen and oxygen atoms in total. The number of ether oxygens (including phenoxy) is 1. The van der Waals surface area contributed by atoms with Gasteiger partial charge in [0.2, 0.25) is 0 Å². The Labute approximate surface area is 189 Å². The molecule has 0 atom stereocenters. The average molecular weight is 431 g/mol. The number of rotatable bonds is 5. The van der Waals surface area contributed by atoms with E-state index in [-0.39, 0.29) is 5.91 Å². The SMILES string of the molecule is COc1cccc(C(=O)N2CCN(c3nc(C)nc(C)c3Cc3cccc(C)c3)CC2)c1. The van der Waals surface area contributed by atoms with Crippen molar-refractivity contribution in [2.75, 3.05) is 38.2 Å². The molecule has 1 fully saturated rings. The molecule has 1 aromatic heterocycles. The van der Waals surface area contributed by atoms with E-state index in [1.54, 1.807) is 13.2 Å². The zero-order valence-corrected chi connectivity index (χ0v) is 19.3. The molecule has 1 aliphatic heterocycles. The van der Waals surface area contributed by atoms with Crippen LogP contribution in [0.25, 0.3) is 0 Å². The van der Waals surface area contributed by atoms with Crippen molar-refractivity contribution in [3.63, 3.8) is 0 Å². The summed E-state index contributed by atoms with van der Waals surface area (Å²) in [6.07, 6.45) is 0.798. The quantitative estimate of drug-likeness (QED) is 0.613. The molecule has 2 heterocycles. The molecular formula is C26H30N4O2. The second-order valence-electron chi connectivity index (χ2n) is 8.34. The third kappa shape index (κ3) is 4.74. The van der Waals surface area contributed by atoms with Crippen LogP contribution < -0.4 is 9.64 Å². The number of hydrogen-bond acceptors (Lipinski definition) is 5. The summed E-state index contributed by atoms with van der Waals surface area (Å²) in [5.74, 6) is 2.51. The summed E-state index contributed by atoms with van der Waals surface area (Å²) in [6, 6.07) is 15.9. The van der Waals surface area contributed by atoms with Gasteiger partial charge in [-0.1, -0.05) is 35.9 Å². The van der Waals surface area contributed by atoms with Crippen molar-refractivity contribution in [3.8, 4) is 5.75 Å². The van der Waals surface area contributed by atoms with Gasteiger partial charge in [-0.3, -0.25) is 4.79 Å². The average Bonchev–Trinajstić information content (AvgIpc) is 2.80. The molecule has 2 aromatic carbocycles. The van der Waals surface area contributed by atoms with Gasteiger partial charge in [-0.25, -0.2) is 9.97 Å². The van der Waals surface area contributed by atoms with E-state index in [9.17, 15) is 4.79 Å². The highest BCUT2D eigenvalue weighted by molar-refractivity contribution is 5.94.